The van der Waals surface area contributed by atoms with Crippen LogP contribution < -0.4 is 0 Å². The summed E-state index contributed by atoms with van der Waals surface area (Å²) in [5.74, 6) is 0.211. The first-order valence-electron chi connectivity index (χ1n) is 3.51. The first-order valence-corrected chi connectivity index (χ1v) is 4.46. The summed E-state index contributed by atoms with van der Waals surface area (Å²) in [6.45, 7) is 0.628. The van der Waals surface area contributed by atoms with E-state index in [9.17, 15) is 4.79 Å². The van der Waals surface area contributed by atoms with Crippen LogP contribution in [0, 0.1) is 0 Å². The van der Waals surface area contributed by atoms with Gasteiger partial charge in [0, 0.05) is 6.42 Å². The second-order valence-electron chi connectivity index (χ2n) is 2.60. The number of Topliss-reactive ketones (excluding diaryl/α,β-unsaturated/α-hetero) is 1. The second-order valence-corrected chi connectivity index (χ2v) is 3.38. The maximum absolute atomic E-state index is 11.2. The molecule has 1 unspecified atom stereocenters. The van der Waals surface area contributed by atoms with E-state index in [2.05, 4.69) is 0 Å². The van der Waals surface area contributed by atoms with E-state index >= 15 is 0 Å². The lowest BCUT2D eigenvalue weighted by Gasteiger charge is -1.91. The van der Waals surface area contributed by atoms with Crippen molar-refractivity contribution in [3.63, 3.8) is 0 Å². The summed E-state index contributed by atoms with van der Waals surface area (Å²) in [5, 5.41) is 3.98. The van der Waals surface area contributed by atoms with Crippen LogP contribution in [-0.2, 0) is 16.0 Å². The fourth-order valence-electron chi connectivity index (χ4n) is 0.942. The summed E-state index contributed by atoms with van der Waals surface area (Å²) < 4.78 is 4.87. The van der Waals surface area contributed by atoms with Gasteiger partial charge in [0.1, 0.15) is 6.10 Å². The van der Waals surface area contributed by atoms with Gasteiger partial charge < -0.3 is 4.74 Å². The predicted molar refractivity (Wildman–Crippen MR) is 42.8 cm³/mol. The van der Waals surface area contributed by atoms with Gasteiger partial charge in [-0.3, -0.25) is 4.79 Å². The Labute approximate surface area is 68.8 Å². The van der Waals surface area contributed by atoms with Gasteiger partial charge in [0.25, 0.3) is 0 Å². The SMILES string of the molecule is O=C(Cc1ccsc1)C1CO1. The largest absolute Gasteiger partial charge is 0.365 e. The zero-order chi connectivity index (χ0) is 7.68. The molecule has 1 aliphatic heterocycles. The molecule has 0 aromatic carbocycles. The van der Waals surface area contributed by atoms with E-state index in [0.717, 1.165) is 5.56 Å². The minimum absolute atomic E-state index is 0.0881. The maximum Gasteiger partial charge on any atom is 0.168 e. The molecule has 1 aromatic heterocycles. The minimum atomic E-state index is -0.0881. The highest BCUT2D eigenvalue weighted by molar-refractivity contribution is 7.07. The highest BCUT2D eigenvalue weighted by atomic mass is 32.1. The Bertz CT molecular complexity index is 249. The number of epoxide rings is 1. The smallest absolute Gasteiger partial charge is 0.168 e. The van der Waals surface area contributed by atoms with E-state index in [0.29, 0.717) is 13.0 Å². The average molecular weight is 168 g/mol. The molecule has 0 radical (unpaired) electrons. The number of hydrogen-bond donors (Lipinski definition) is 0. The standard InChI is InChI=1S/C8H8O2S/c9-7(8-4-10-8)3-6-1-2-11-5-6/h1-2,5,8H,3-4H2. The first-order chi connectivity index (χ1) is 5.36. The monoisotopic (exact) mass is 168 g/mol. The predicted octanol–water partition coefficient (Wildman–Crippen LogP) is 1.26. The Morgan fingerprint density at radius 3 is 3.18 bits per heavy atom. The molecule has 1 fully saturated rings. The van der Waals surface area contributed by atoms with E-state index in [1.54, 1.807) is 11.3 Å². The molecule has 1 aromatic rings. The molecular formula is C8H8O2S. The summed E-state index contributed by atoms with van der Waals surface area (Å²) in [5.41, 5.74) is 1.11. The number of carbonyl (C=O) groups excluding carboxylic acids is 1. The fourth-order valence-corrected chi connectivity index (χ4v) is 1.61. The van der Waals surface area contributed by atoms with Crippen LogP contribution in [0.1, 0.15) is 5.56 Å². The zero-order valence-corrected chi connectivity index (χ0v) is 6.76. The molecule has 58 valence electrons. The third kappa shape index (κ3) is 1.67. The van der Waals surface area contributed by atoms with Gasteiger partial charge in [0.15, 0.2) is 5.78 Å². The Kier molecular flexibility index (Phi) is 1.75. The van der Waals surface area contributed by atoms with Crippen LogP contribution in [0.4, 0.5) is 0 Å². The van der Waals surface area contributed by atoms with Crippen LogP contribution in [0.25, 0.3) is 0 Å². The van der Waals surface area contributed by atoms with Crippen LogP contribution in [0.15, 0.2) is 16.8 Å². The molecule has 11 heavy (non-hydrogen) atoms. The molecule has 1 saturated heterocycles. The molecule has 3 heteroatoms. The normalized spacial score (nSPS) is 21.6. The molecule has 1 aliphatic rings. The number of carbonyl (C=O) groups is 1. The Balaban J connectivity index is 1.94. The van der Waals surface area contributed by atoms with E-state index in [1.807, 2.05) is 16.8 Å². The Hall–Kier alpha value is -0.670. The average Bonchev–Trinajstić information content (AvgIpc) is 2.73. The van der Waals surface area contributed by atoms with Crippen molar-refractivity contribution < 1.29 is 9.53 Å². The molecule has 0 spiro atoms. The minimum Gasteiger partial charge on any atom is -0.365 e. The van der Waals surface area contributed by atoms with E-state index in [-0.39, 0.29) is 11.9 Å². The van der Waals surface area contributed by atoms with Crippen LogP contribution >= 0.6 is 11.3 Å². The highest BCUT2D eigenvalue weighted by Crippen LogP contribution is 2.14. The third-order valence-corrected chi connectivity index (χ3v) is 2.38. The van der Waals surface area contributed by atoms with Crippen LogP contribution in [0.2, 0.25) is 0 Å². The molecule has 2 heterocycles. The number of hydrogen-bond acceptors (Lipinski definition) is 3. The van der Waals surface area contributed by atoms with Crippen molar-refractivity contribution in [2.24, 2.45) is 0 Å². The van der Waals surface area contributed by atoms with Gasteiger partial charge >= 0.3 is 0 Å². The summed E-state index contributed by atoms with van der Waals surface area (Å²) in [6.07, 6.45) is 0.448. The van der Waals surface area contributed by atoms with Crippen molar-refractivity contribution in [2.45, 2.75) is 12.5 Å². The highest BCUT2D eigenvalue weighted by Gasteiger charge is 2.30. The van der Waals surface area contributed by atoms with Gasteiger partial charge in [0.2, 0.25) is 0 Å². The summed E-state index contributed by atoms with van der Waals surface area (Å²) in [7, 11) is 0. The van der Waals surface area contributed by atoms with Crippen LogP contribution in [0.5, 0.6) is 0 Å². The van der Waals surface area contributed by atoms with Crippen molar-refractivity contribution in [3.8, 4) is 0 Å². The third-order valence-electron chi connectivity index (χ3n) is 1.65. The molecule has 2 rings (SSSR count). The Morgan fingerprint density at radius 2 is 2.64 bits per heavy atom. The molecule has 0 aliphatic carbocycles. The van der Waals surface area contributed by atoms with Crippen molar-refractivity contribution in [1.29, 1.82) is 0 Å². The van der Waals surface area contributed by atoms with Gasteiger partial charge in [-0.15, -0.1) is 0 Å². The van der Waals surface area contributed by atoms with Gasteiger partial charge in [-0.2, -0.15) is 11.3 Å². The molecule has 1 atom stereocenters. The lowest BCUT2D eigenvalue weighted by atomic mass is 10.1. The van der Waals surface area contributed by atoms with Gasteiger partial charge in [-0.1, -0.05) is 0 Å². The molecule has 0 saturated carbocycles. The summed E-state index contributed by atoms with van der Waals surface area (Å²) in [6, 6.07) is 1.98. The van der Waals surface area contributed by atoms with Crippen molar-refractivity contribution in [3.05, 3.63) is 22.4 Å². The van der Waals surface area contributed by atoms with E-state index in [4.69, 9.17) is 4.74 Å². The van der Waals surface area contributed by atoms with Crippen molar-refractivity contribution in [1.82, 2.24) is 0 Å². The topological polar surface area (TPSA) is 29.6 Å². The lowest BCUT2D eigenvalue weighted by molar-refractivity contribution is -0.119. The number of ether oxygens (including phenoxy) is 1. The van der Waals surface area contributed by atoms with Gasteiger partial charge in [-0.05, 0) is 22.4 Å². The molecular weight excluding hydrogens is 160 g/mol. The fraction of sp³-hybridized carbons (Fsp3) is 0.375. The van der Waals surface area contributed by atoms with Gasteiger partial charge in [-0.25, -0.2) is 0 Å². The summed E-state index contributed by atoms with van der Waals surface area (Å²) in [4.78, 5) is 11.2. The maximum atomic E-state index is 11.2. The second kappa shape index (κ2) is 2.75. The molecule has 0 amide bonds. The lowest BCUT2D eigenvalue weighted by Crippen LogP contribution is -2.08. The molecule has 0 bridgehead atoms. The Morgan fingerprint density at radius 1 is 1.82 bits per heavy atom. The van der Waals surface area contributed by atoms with Crippen molar-refractivity contribution >= 4 is 17.1 Å². The van der Waals surface area contributed by atoms with E-state index in [1.165, 1.54) is 0 Å². The quantitative estimate of drug-likeness (QED) is 0.636. The zero-order valence-electron chi connectivity index (χ0n) is 5.95. The number of thiophene rings is 1. The van der Waals surface area contributed by atoms with E-state index < -0.39 is 0 Å². The van der Waals surface area contributed by atoms with Gasteiger partial charge in [0.05, 0.1) is 6.61 Å². The van der Waals surface area contributed by atoms with Crippen molar-refractivity contribution in [2.75, 3.05) is 6.61 Å². The number of ketones is 1. The summed E-state index contributed by atoms with van der Waals surface area (Å²) >= 11 is 1.62. The molecule has 0 N–H and O–H groups in total. The van der Waals surface area contributed by atoms with Crippen LogP contribution in [-0.4, -0.2) is 18.5 Å². The molecule has 2 nitrogen and oxygen atoms in total. The first kappa shape index (κ1) is 7.00. The number of rotatable bonds is 3. The van der Waals surface area contributed by atoms with Crippen LogP contribution in [0.3, 0.4) is 0 Å².